The van der Waals surface area contributed by atoms with Gasteiger partial charge in [-0.1, -0.05) is 0 Å². The number of hydrogen-bond acceptors (Lipinski definition) is 4. The van der Waals surface area contributed by atoms with E-state index in [9.17, 15) is 4.79 Å². The smallest absolute Gasteiger partial charge is 0.339 e. The highest BCUT2D eigenvalue weighted by Gasteiger charge is 2.21. The normalized spacial score (nSPS) is 23.7. The number of aryl methyl sites for hydroxylation is 1. The molecule has 1 aromatic rings. The Labute approximate surface area is 106 Å². The molecular formula is C13H18N2O3. The van der Waals surface area contributed by atoms with E-state index in [0.29, 0.717) is 12.4 Å². The maximum Gasteiger partial charge on any atom is 0.339 e. The van der Waals surface area contributed by atoms with Gasteiger partial charge in [0.05, 0.1) is 6.10 Å². The minimum absolute atomic E-state index is 0.203. The van der Waals surface area contributed by atoms with Crippen LogP contribution in [0.25, 0.3) is 0 Å². The van der Waals surface area contributed by atoms with Gasteiger partial charge in [0.1, 0.15) is 11.4 Å². The van der Waals surface area contributed by atoms with Crippen molar-refractivity contribution >= 4 is 11.8 Å². The molecule has 2 heterocycles. The first-order valence-electron chi connectivity index (χ1n) is 6.15. The molecule has 1 aliphatic heterocycles. The number of carboxylic acid groups (broad SMARTS) is 1. The molecule has 0 aliphatic carbocycles. The van der Waals surface area contributed by atoms with E-state index in [0.717, 1.165) is 18.5 Å². The number of anilines is 1. The zero-order valence-corrected chi connectivity index (χ0v) is 10.6. The van der Waals surface area contributed by atoms with Crippen LogP contribution in [0.5, 0.6) is 0 Å². The van der Waals surface area contributed by atoms with Gasteiger partial charge in [0.2, 0.25) is 0 Å². The Kier molecular flexibility index (Phi) is 3.81. The lowest BCUT2D eigenvalue weighted by Gasteiger charge is -2.28. The standard InChI is InChI=1S/C13H18N2O3/c1-8-3-4-11(13(16)17)12(14-8)15-10-5-6-18-9(2)7-10/h3-4,9-10H,5-7H2,1-2H3,(H,14,15)(H,16,17). The number of rotatable bonds is 3. The highest BCUT2D eigenvalue weighted by atomic mass is 16.5. The van der Waals surface area contributed by atoms with Crippen LogP contribution in [0.15, 0.2) is 12.1 Å². The van der Waals surface area contributed by atoms with Gasteiger partial charge in [0.15, 0.2) is 0 Å². The van der Waals surface area contributed by atoms with Crippen LogP contribution in [0, 0.1) is 6.92 Å². The third-order valence-electron chi connectivity index (χ3n) is 3.09. The summed E-state index contributed by atoms with van der Waals surface area (Å²) in [4.78, 5) is 15.4. The Hall–Kier alpha value is -1.62. The summed E-state index contributed by atoms with van der Waals surface area (Å²) in [6, 6.07) is 3.53. The number of aromatic nitrogens is 1. The topological polar surface area (TPSA) is 71.5 Å². The quantitative estimate of drug-likeness (QED) is 0.859. The molecule has 0 radical (unpaired) electrons. The van der Waals surface area contributed by atoms with Crippen molar-refractivity contribution < 1.29 is 14.6 Å². The highest BCUT2D eigenvalue weighted by Crippen LogP contribution is 2.20. The van der Waals surface area contributed by atoms with Gasteiger partial charge >= 0.3 is 5.97 Å². The van der Waals surface area contributed by atoms with E-state index in [1.54, 1.807) is 12.1 Å². The van der Waals surface area contributed by atoms with Crippen molar-refractivity contribution in [2.75, 3.05) is 11.9 Å². The molecule has 5 heteroatoms. The number of pyridine rings is 1. The lowest BCUT2D eigenvalue weighted by molar-refractivity contribution is 0.0231. The molecule has 5 nitrogen and oxygen atoms in total. The van der Waals surface area contributed by atoms with Crippen LogP contribution in [0.3, 0.4) is 0 Å². The number of carbonyl (C=O) groups is 1. The van der Waals surface area contributed by atoms with Crippen molar-refractivity contribution in [3.05, 3.63) is 23.4 Å². The van der Waals surface area contributed by atoms with Crippen molar-refractivity contribution in [3.63, 3.8) is 0 Å². The minimum atomic E-state index is -0.954. The lowest BCUT2D eigenvalue weighted by Crippen LogP contribution is -2.33. The summed E-state index contributed by atoms with van der Waals surface area (Å²) in [6.45, 7) is 4.58. The van der Waals surface area contributed by atoms with Crippen molar-refractivity contribution in [2.24, 2.45) is 0 Å². The van der Waals surface area contributed by atoms with Crippen LogP contribution in [-0.2, 0) is 4.74 Å². The summed E-state index contributed by atoms with van der Waals surface area (Å²) in [5.41, 5.74) is 1.03. The van der Waals surface area contributed by atoms with Gasteiger partial charge in [0.25, 0.3) is 0 Å². The largest absolute Gasteiger partial charge is 0.478 e. The van der Waals surface area contributed by atoms with Gasteiger partial charge in [-0.25, -0.2) is 9.78 Å². The zero-order chi connectivity index (χ0) is 13.1. The van der Waals surface area contributed by atoms with Crippen molar-refractivity contribution in [3.8, 4) is 0 Å². The maximum absolute atomic E-state index is 11.1. The predicted molar refractivity (Wildman–Crippen MR) is 68.0 cm³/mol. The second kappa shape index (κ2) is 5.35. The molecule has 1 fully saturated rings. The number of nitrogens with zero attached hydrogens (tertiary/aromatic N) is 1. The van der Waals surface area contributed by atoms with Crippen molar-refractivity contribution in [1.29, 1.82) is 0 Å². The minimum Gasteiger partial charge on any atom is -0.478 e. The van der Waals surface area contributed by atoms with Gasteiger partial charge in [-0.3, -0.25) is 0 Å². The van der Waals surface area contributed by atoms with Crippen LogP contribution < -0.4 is 5.32 Å². The average Bonchev–Trinajstić information content (AvgIpc) is 2.28. The molecule has 1 saturated heterocycles. The van der Waals surface area contributed by atoms with Gasteiger partial charge in [0, 0.05) is 18.3 Å². The zero-order valence-electron chi connectivity index (χ0n) is 10.6. The van der Waals surface area contributed by atoms with Gasteiger partial charge in [-0.15, -0.1) is 0 Å². The number of ether oxygens (including phenoxy) is 1. The lowest BCUT2D eigenvalue weighted by atomic mass is 10.0. The Bertz CT molecular complexity index is 448. The van der Waals surface area contributed by atoms with Crippen LogP contribution >= 0.6 is 0 Å². The molecule has 18 heavy (non-hydrogen) atoms. The van der Waals surface area contributed by atoms with E-state index < -0.39 is 5.97 Å². The Morgan fingerprint density at radius 3 is 3.00 bits per heavy atom. The fourth-order valence-corrected chi connectivity index (χ4v) is 2.16. The Morgan fingerprint density at radius 1 is 1.56 bits per heavy atom. The third kappa shape index (κ3) is 2.98. The molecule has 2 unspecified atom stereocenters. The fraction of sp³-hybridized carbons (Fsp3) is 0.538. The molecule has 2 rings (SSSR count). The van der Waals surface area contributed by atoms with Gasteiger partial charge in [-0.05, 0) is 38.8 Å². The Morgan fingerprint density at radius 2 is 2.33 bits per heavy atom. The summed E-state index contributed by atoms with van der Waals surface area (Å²) in [5, 5.41) is 12.4. The van der Waals surface area contributed by atoms with Crippen LogP contribution in [-0.4, -0.2) is 34.8 Å². The van der Waals surface area contributed by atoms with E-state index in [-0.39, 0.29) is 17.7 Å². The molecule has 98 valence electrons. The molecule has 0 spiro atoms. The van der Waals surface area contributed by atoms with E-state index in [4.69, 9.17) is 9.84 Å². The van der Waals surface area contributed by atoms with Crippen LogP contribution in [0.1, 0.15) is 35.8 Å². The average molecular weight is 250 g/mol. The summed E-state index contributed by atoms with van der Waals surface area (Å²) in [5.74, 6) is -0.494. The van der Waals surface area contributed by atoms with E-state index >= 15 is 0 Å². The molecule has 0 aromatic carbocycles. The van der Waals surface area contributed by atoms with E-state index in [1.165, 1.54) is 0 Å². The van der Waals surface area contributed by atoms with Gasteiger partial charge < -0.3 is 15.2 Å². The number of carboxylic acids is 1. The molecule has 0 saturated carbocycles. The van der Waals surface area contributed by atoms with Crippen LogP contribution in [0.2, 0.25) is 0 Å². The monoisotopic (exact) mass is 250 g/mol. The van der Waals surface area contributed by atoms with E-state index in [1.807, 2.05) is 13.8 Å². The van der Waals surface area contributed by atoms with E-state index in [2.05, 4.69) is 10.3 Å². The molecule has 0 bridgehead atoms. The number of aromatic carboxylic acids is 1. The molecular weight excluding hydrogens is 232 g/mol. The fourth-order valence-electron chi connectivity index (χ4n) is 2.16. The van der Waals surface area contributed by atoms with Gasteiger partial charge in [-0.2, -0.15) is 0 Å². The second-order valence-corrected chi connectivity index (χ2v) is 4.70. The highest BCUT2D eigenvalue weighted by molar-refractivity contribution is 5.93. The molecule has 2 atom stereocenters. The van der Waals surface area contributed by atoms with Crippen molar-refractivity contribution in [2.45, 2.75) is 38.8 Å². The summed E-state index contributed by atoms with van der Waals surface area (Å²) >= 11 is 0. The third-order valence-corrected chi connectivity index (χ3v) is 3.09. The molecule has 0 amide bonds. The van der Waals surface area contributed by atoms with Crippen molar-refractivity contribution in [1.82, 2.24) is 4.98 Å². The summed E-state index contributed by atoms with van der Waals surface area (Å²) in [6.07, 6.45) is 1.95. The first-order valence-corrected chi connectivity index (χ1v) is 6.15. The maximum atomic E-state index is 11.1. The number of hydrogen-bond donors (Lipinski definition) is 2. The Balaban J connectivity index is 2.16. The van der Waals surface area contributed by atoms with Crippen LogP contribution in [0.4, 0.5) is 5.82 Å². The SMILES string of the molecule is Cc1ccc(C(=O)O)c(NC2CCOC(C)C2)n1. The first kappa shape index (κ1) is 12.8. The molecule has 1 aliphatic rings. The second-order valence-electron chi connectivity index (χ2n) is 4.70. The summed E-state index contributed by atoms with van der Waals surface area (Å²) < 4.78 is 5.47. The first-order chi connectivity index (χ1) is 8.56. The predicted octanol–water partition coefficient (Wildman–Crippen LogP) is 2.07. The molecule has 1 aromatic heterocycles. The molecule has 2 N–H and O–H groups in total. The summed E-state index contributed by atoms with van der Waals surface area (Å²) in [7, 11) is 0. The number of nitrogens with one attached hydrogen (secondary N) is 1.